The summed E-state index contributed by atoms with van der Waals surface area (Å²) in [6.45, 7) is 6.90. The summed E-state index contributed by atoms with van der Waals surface area (Å²) in [6, 6.07) is 7.82. The minimum absolute atomic E-state index is 0.0174. The number of rotatable bonds is 6. The molecule has 0 radical (unpaired) electrons. The van der Waals surface area contributed by atoms with E-state index in [2.05, 4.69) is 46.6 Å². The second kappa shape index (κ2) is 9.90. The van der Waals surface area contributed by atoms with Gasteiger partial charge in [-0.15, -0.1) is 0 Å². The lowest BCUT2D eigenvalue weighted by Gasteiger charge is -2.47. The number of hydrogen-bond acceptors (Lipinski definition) is 7. The Morgan fingerprint density at radius 1 is 1.10 bits per heavy atom. The number of benzene rings is 1. The van der Waals surface area contributed by atoms with Gasteiger partial charge < -0.3 is 19.4 Å². The highest BCUT2D eigenvalue weighted by atomic mass is 16.5. The van der Waals surface area contributed by atoms with Crippen molar-refractivity contribution < 1.29 is 9.53 Å². The molecule has 0 unspecified atom stereocenters. The molecule has 5 heterocycles. The van der Waals surface area contributed by atoms with Gasteiger partial charge in [-0.05, 0) is 93.4 Å². The van der Waals surface area contributed by atoms with Crippen molar-refractivity contribution in [3.8, 4) is 17.1 Å². The monoisotopic (exact) mass is 524 g/mol. The Balaban J connectivity index is 1.26. The van der Waals surface area contributed by atoms with Gasteiger partial charge >= 0.3 is 6.01 Å². The minimum Gasteiger partial charge on any atom is -0.462 e. The van der Waals surface area contributed by atoms with Crippen LogP contribution in [0.5, 0.6) is 6.01 Å². The SMILES string of the molecule is C=CC(=O)N1CC[C@@H]2[C@H]1CN2c1nc(OC[C@@H]2CCCN2C)nc2cc(-c3cncc4c3CCCC4)ccc12. The third-order valence-electron chi connectivity index (χ3n) is 9.34. The zero-order chi connectivity index (χ0) is 26.5. The first-order chi connectivity index (χ1) is 19.1. The first kappa shape index (κ1) is 24.5. The van der Waals surface area contributed by atoms with Crippen molar-refractivity contribution in [1.29, 1.82) is 0 Å². The number of ether oxygens (including phenoxy) is 1. The largest absolute Gasteiger partial charge is 0.462 e. The van der Waals surface area contributed by atoms with E-state index in [4.69, 9.17) is 14.7 Å². The molecule has 0 bridgehead atoms. The van der Waals surface area contributed by atoms with Gasteiger partial charge in [0, 0.05) is 42.5 Å². The van der Waals surface area contributed by atoms with E-state index in [1.54, 1.807) is 0 Å². The molecule has 1 amide bonds. The highest BCUT2D eigenvalue weighted by Gasteiger charge is 2.49. The van der Waals surface area contributed by atoms with Crippen molar-refractivity contribution >= 4 is 22.6 Å². The number of aromatic nitrogens is 3. The number of carbonyl (C=O) groups is 1. The summed E-state index contributed by atoms with van der Waals surface area (Å²) < 4.78 is 6.27. The maximum atomic E-state index is 12.4. The number of likely N-dealkylation sites (tertiary alicyclic amines) is 2. The van der Waals surface area contributed by atoms with Crippen LogP contribution in [0.1, 0.15) is 43.2 Å². The molecule has 8 heteroatoms. The normalized spacial score (nSPS) is 24.4. The molecule has 202 valence electrons. The Morgan fingerprint density at radius 3 is 2.85 bits per heavy atom. The highest BCUT2D eigenvalue weighted by Crippen LogP contribution is 2.40. The fourth-order valence-corrected chi connectivity index (χ4v) is 7.07. The molecule has 3 saturated heterocycles. The van der Waals surface area contributed by atoms with Gasteiger partial charge in [0.15, 0.2) is 0 Å². The maximum absolute atomic E-state index is 12.4. The first-order valence-electron chi connectivity index (χ1n) is 14.4. The number of pyridine rings is 1. The van der Waals surface area contributed by atoms with Crippen LogP contribution in [0, 0.1) is 0 Å². The molecule has 0 saturated carbocycles. The average molecular weight is 525 g/mol. The van der Waals surface area contributed by atoms with E-state index in [9.17, 15) is 4.79 Å². The number of hydrogen-bond donors (Lipinski definition) is 0. The molecule has 4 aliphatic rings. The lowest BCUT2D eigenvalue weighted by molar-refractivity contribution is -0.127. The number of likely N-dealkylation sites (N-methyl/N-ethyl adjacent to an activating group) is 1. The number of nitrogens with zero attached hydrogens (tertiary/aromatic N) is 6. The standard InChI is InChI=1S/C31H36N6O2/c1-3-29(38)36-14-12-27-28(36)18-37(27)30-24-11-10-20(25-17-32-16-21-7-4-5-9-23(21)25)15-26(24)33-31(34-30)39-19-22-8-6-13-35(22)2/h3,10-11,15-17,22,27-28H,1,4-9,12-14,18-19H2,2H3/t22-,27+,28+/m0/s1. The minimum atomic E-state index is 0.0174. The quantitative estimate of drug-likeness (QED) is 0.451. The van der Waals surface area contributed by atoms with Crippen LogP contribution in [0.3, 0.4) is 0 Å². The van der Waals surface area contributed by atoms with E-state index in [0.29, 0.717) is 18.7 Å². The van der Waals surface area contributed by atoms with Crippen molar-refractivity contribution in [3.63, 3.8) is 0 Å². The number of carbonyl (C=O) groups excluding carboxylic acids is 1. The van der Waals surface area contributed by atoms with Gasteiger partial charge in [-0.3, -0.25) is 9.78 Å². The van der Waals surface area contributed by atoms with E-state index < -0.39 is 0 Å². The second-order valence-corrected chi connectivity index (χ2v) is 11.5. The van der Waals surface area contributed by atoms with Crippen LogP contribution in [0.25, 0.3) is 22.0 Å². The lowest BCUT2D eigenvalue weighted by Crippen LogP contribution is -2.63. The number of aryl methyl sites for hydroxylation is 1. The Bertz CT molecular complexity index is 1440. The predicted octanol–water partition coefficient (Wildman–Crippen LogP) is 4.02. The van der Waals surface area contributed by atoms with Crippen LogP contribution >= 0.6 is 0 Å². The first-order valence-corrected chi connectivity index (χ1v) is 14.4. The maximum Gasteiger partial charge on any atom is 0.319 e. The van der Waals surface area contributed by atoms with E-state index in [1.165, 1.54) is 42.0 Å². The Hall–Kier alpha value is -3.52. The van der Waals surface area contributed by atoms with E-state index in [-0.39, 0.29) is 18.0 Å². The molecule has 2 aromatic heterocycles. The van der Waals surface area contributed by atoms with Crippen LogP contribution in [0.15, 0.2) is 43.2 Å². The van der Waals surface area contributed by atoms with Crippen LogP contribution < -0.4 is 9.64 Å². The molecule has 7 rings (SSSR count). The third kappa shape index (κ3) is 4.25. The summed E-state index contributed by atoms with van der Waals surface area (Å²) in [5.74, 6) is 0.924. The molecule has 1 aromatic carbocycles. The predicted molar refractivity (Wildman–Crippen MR) is 152 cm³/mol. The van der Waals surface area contributed by atoms with Crippen LogP contribution in [-0.2, 0) is 17.6 Å². The fraction of sp³-hybridized carbons (Fsp3) is 0.484. The Morgan fingerprint density at radius 2 is 2.00 bits per heavy atom. The summed E-state index contributed by atoms with van der Waals surface area (Å²) in [7, 11) is 2.16. The van der Waals surface area contributed by atoms with Gasteiger partial charge in [-0.1, -0.05) is 12.6 Å². The summed E-state index contributed by atoms with van der Waals surface area (Å²) in [5.41, 5.74) is 6.04. The summed E-state index contributed by atoms with van der Waals surface area (Å²) >= 11 is 0. The highest BCUT2D eigenvalue weighted by molar-refractivity contribution is 5.94. The summed E-state index contributed by atoms with van der Waals surface area (Å²) in [5, 5.41) is 1.02. The van der Waals surface area contributed by atoms with E-state index >= 15 is 0 Å². The molecule has 3 atom stereocenters. The molecule has 8 nitrogen and oxygen atoms in total. The van der Waals surface area contributed by atoms with Crippen molar-refractivity contribution in [2.45, 2.75) is 63.1 Å². The molecule has 0 N–H and O–H groups in total. The smallest absolute Gasteiger partial charge is 0.319 e. The van der Waals surface area contributed by atoms with Gasteiger partial charge in [-0.25, -0.2) is 0 Å². The second-order valence-electron chi connectivity index (χ2n) is 11.5. The molecule has 0 spiro atoms. The van der Waals surface area contributed by atoms with Crippen LogP contribution in [0.2, 0.25) is 0 Å². The molecule has 3 aromatic rings. The Kier molecular flexibility index (Phi) is 6.22. The molecule has 39 heavy (non-hydrogen) atoms. The van der Waals surface area contributed by atoms with Gasteiger partial charge in [0.25, 0.3) is 0 Å². The zero-order valence-corrected chi connectivity index (χ0v) is 22.7. The topological polar surface area (TPSA) is 74.7 Å². The molecule has 3 aliphatic heterocycles. The molecular formula is C31H36N6O2. The average Bonchev–Trinajstić information content (AvgIpc) is 3.52. The number of fused-ring (bicyclic) bond motifs is 3. The Labute approximate surface area is 229 Å². The summed E-state index contributed by atoms with van der Waals surface area (Å²) in [4.78, 5) is 33.5. The number of amides is 1. The summed E-state index contributed by atoms with van der Waals surface area (Å²) in [6.07, 6.45) is 13.4. The molecule has 1 aliphatic carbocycles. The number of anilines is 1. The van der Waals surface area contributed by atoms with Crippen LogP contribution in [-0.4, -0.2) is 82.1 Å². The third-order valence-corrected chi connectivity index (χ3v) is 9.34. The van der Waals surface area contributed by atoms with Crippen molar-refractivity contribution in [2.24, 2.45) is 0 Å². The molecular weight excluding hydrogens is 488 g/mol. The van der Waals surface area contributed by atoms with Crippen molar-refractivity contribution in [3.05, 3.63) is 54.4 Å². The molecule has 3 fully saturated rings. The van der Waals surface area contributed by atoms with Crippen molar-refractivity contribution in [1.82, 2.24) is 24.8 Å². The van der Waals surface area contributed by atoms with E-state index in [1.807, 2.05) is 17.3 Å². The lowest BCUT2D eigenvalue weighted by atomic mass is 9.87. The van der Waals surface area contributed by atoms with Gasteiger partial charge in [0.1, 0.15) is 12.4 Å². The van der Waals surface area contributed by atoms with E-state index in [0.717, 1.165) is 67.6 Å². The van der Waals surface area contributed by atoms with Crippen molar-refractivity contribution in [2.75, 3.05) is 38.2 Å². The van der Waals surface area contributed by atoms with Gasteiger partial charge in [0.2, 0.25) is 5.91 Å². The fourth-order valence-electron chi connectivity index (χ4n) is 7.07. The van der Waals surface area contributed by atoms with Gasteiger partial charge in [-0.2, -0.15) is 9.97 Å². The zero-order valence-electron chi connectivity index (χ0n) is 22.7. The van der Waals surface area contributed by atoms with Crippen LogP contribution in [0.4, 0.5) is 5.82 Å². The van der Waals surface area contributed by atoms with Gasteiger partial charge in [0.05, 0.1) is 17.6 Å².